The summed E-state index contributed by atoms with van der Waals surface area (Å²) < 4.78 is 12.6. The lowest BCUT2D eigenvalue weighted by atomic mass is 10.0. The average molecular weight is 431 g/mol. The molecule has 1 amide bonds. The number of nitrogens with zero attached hydrogens (tertiary/aromatic N) is 2. The molecule has 0 fully saturated rings. The zero-order valence-corrected chi connectivity index (χ0v) is 18.3. The quantitative estimate of drug-likeness (QED) is 0.445. The van der Waals surface area contributed by atoms with Crippen molar-refractivity contribution in [1.29, 1.82) is 0 Å². The molecule has 0 aliphatic carbocycles. The van der Waals surface area contributed by atoms with Crippen molar-refractivity contribution in [2.45, 2.75) is 32.7 Å². The average Bonchev–Trinajstić information content (AvgIpc) is 3.33. The molecule has 0 aliphatic rings. The van der Waals surface area contributed by atoms with Gasteiger partial charge in [-0.25, -0.2) is 9.78 Å². The molecule has 7 nitrogen and oxygen atoms in total. The maximum Gasteiger partial charge on any atom is 0.339 e. The van der Waals surface area contributed by atoms with E-state index < -0.39 is 5.63 Å². The van der Waals surface area contributed by atoms with Crippen LogP contribution in [0.5, 0.6) is 5.75 Å². The number of aromatic nitrogens is 2. The summed E-state index contributed by atoms with van der Waals surface area (Å²) in [4.78, 5) is 29.1. The Kier molecular flexibility index (Phi) is 6.07. The molecule has 0 radical (unpaired) electrons. The molecule has 0 bridgehead atoms. The van der Waals surface area contributed by atoms with Crippen molar-refractivity contribution in [2.75, 3.05) is 7.11 Å². The van der Waals surface area contributed by atoms with E-state index >= 15 is 0 Å². The Morgan fingerprint density at radius 1 is 1.22 bits per heavy atom. The molecule has 2 heterocycles. The highest BCUT2D eigenvalue weighted by atomic mass is 16.5. The first-order valence-corrected chi connectivity index (χ1v) is 10.4. The fourth-order valence-electron chi connectivity index (χ4n) is 3.77. The van der Waals surface area contributed by atoms with Crippen molar-refractivity contribution in [3.63, 3.8) is 0 Å². The molecule has 0 spiro atoms. The van der Waals surface area contributed by atoms with Crippen LogP contribution >= 0.6 is 0 Å². The minimum atomic E-state index is -0.417. The van der Waals surface area contributed by atoms with Gasteiger partial charge in [-0.05, 0) is 55.7 Å². The van der Waals surface area contributed by atoms with Crippen molar-refractivity contribution in [3.8, 4) is 11.4 Å². The number of benzene rings is 2. The molecule has 0 unspecified atom stereocenters. The summed E-state index contributed by atoms with van der Waals surface area (Å²) in [5.74, 6) is 0.504. The van der Waals surface area contributed by atoms with E-state index in [9.17, 15) is 9.59 Å². The lowest BCUT2D eigenvalue weighted by Crippen LogP contribution is -2.27. The zero-order chi connectivity index (χ0) is 22.7. The normalized spacial score (nSPS) is 12.0. The molecule has 0 saturated heterocycles. The van der Waals surface area contributed by atoms with Gasteiger partial charge in [0.1, 0.15) is 11.3 Å². The van der Waals surface area contributed by atoms with Gasteiger partial charge in [-0.15, -0.1) is 0 Å². The summed E-state index contributed by atoms with van der Waals surface area (Å²) in [5, 5.41) is 3.84. The molecule has 1 N–H and O–H groups in total. The Hall–Kier alpha value is -3.87. The molecule has 0 saturated carbocycles. The summed E-state index contributed by atoms with van der Waals surface area (Å²) in [6.45, 7) is 3.82. The molecule has 4 aromatic rings. The second kappa shape index (κ2) is 9.09. The smallest absolute Gasteiger partial charge is 0.339 e. The number of ether oxygens (including phenoxy) is 1. The molecule has 32 heavy (non-hydrogen) atoms. The van der Waals surface area contributed by atoms with Crippen molar-refractivity contribution in [1.82, 2.24) is 14.9 Å². The Balaban J connectivity index is 1.41. The van der Waals surface area contributed by atoms with Crippen LogP contribution < -0.4 is 15.7 Å². The maximum absolute atomic E-state index is 12.6. The van der Waals surface area contributed by atoms with E-state index in [-0.39, 0.29) is 18.4 Å². The summed E-state index contributed by atoms with van der Waals surface area (Å²) in [6, 6.07) is 13.2. The standard InChI is InChI=1S/C25H25N3O4/c1-16-21-9-8-20(31-3)14-23(21)32-25(30)22(16)10-11-24(29)27-17(2)18-4-6-19(7-5-18)28-13-12-26-15-28/h4-9,12-15,17H,10-11H2,1-3H3,(H,27,29)/t17-/m0/s1. The molecule has 2 aromatic carbocycles. The van der Waals surface area contributed by atoms with Gasteiger partial charge in [-0.1, -0.05) is 12.1 Å². The highest BCUT2D eigenvalue weighted by Gasteiger charge is 2.15. The van der Waals surface area contributed by atoms with E-state index in [2.05, 4.69) is 10.3 Å². The maximum atomic E-state index is 12.6. The first-order valence-electron chi connectivity index (χ1n) is 10.4. The number of nitrogens with one attached hydrogen (secondary N) is 1. The van der Waals surface area contributed by atoms with Crippen molar-refractivity contribution in [3.05, 3.63) is 88.3 Å². The van der Waals surface area contributed by atoms with Gasteiger partial charge < -0.3 is 19.0 Å². The fourth-order valence-corrected chi connectivity index (χ4v) is 3.77. The van der Waals surface area contributed by atoms with E-state index in [1.54, 1.807) is 25.7 Å². The number of aryl methyl sites for hydroxylation is 1. The van der Waals surface area contributed by atoms with Crippen molar-refractivity contribution in [2.24, 2.45) is 0 Å². The van der Waals surface area contributed by atoms with Crippen LogP contribution in [0, 0.1) is 6.92 Å². The Labute approximate surface area is 185 Å². The predicted octanol–water partition coefficient (Wildman–Crippen LogP) is 4.11. The second-order valence-corrected chi connectivity index (χ2v) is 7.71. The van der Waals surface area contributed by atoms with Crippen molar-refractivity contribution >= 4 is 16.9 Å². The van der Waals surface area contributed by atoms with Gasteiger partial charge in [0, 0.05) is 41.5 Å². The van der Waals surface area contributed by atoms with Gasteiger partial charge in [0.2, 0.25) is 5.91 Å². The third kappa shape index (κ3) is 4.42. The molecule has 7 heteroatoms. The van der Waals surface area contributed by atoms with Crippen LogP contribution in [0.15, 0.2) is 70.4 Å². The first-order chi connectivity index (χ1) is 15.5. The number of imidazole rings is 1. The zero-order valence-electron chi connectivity index (χ0n) is 18.3. The summed E-state index contributed by atoms with van der Waals surface area (Å²) in [7, 11) is 1.56. The van der Waals surface area contributed by atoms with Gasteiger partial charge in [0.05, 0.1) is 19.5 Å². The van der Waals surface area contributed by atoms with E-state index in [1.807, 2.05) is 61.0 Å². The van der Waals surface area contributed by atoms with Gasteiger partial charge >= 0.3 is 5.63 Å². The van der Waals surface area contributed by atoms with E-state index in [0.29, 0.717) is 23.3 Å². The number of methoxy groups -OCH3 is 1. The number of fused-ring (bicyclic) bond motifs is 1. The van der Waals surface area contributed by atoms with Gasteiger partial charge in [-0.2, -0.15) is 0 Å². The number of hydrogen-bond donors (Lipinski definition) is 1. The van der Waals surface area contributed by atoms with Crippen LogP contribution in [0.25, 0.3) is 16.7 Å². The number of amides is 1. The summed E-state index contributed by atoms with van der Waals surface area (Å²) >= 11 is 0. The fraction of sp³-hybridized carbons (Fsp3) is 0.240. The third-order valence-corrected chi connectivity index (χ3v) is 5.67. The highest BCUT2D eigenvalue weighted by Crippen LogP contribution is 2.24. The lowest BCUT2D eigenvalue weighted by Gasteiger charge is -2.15. The molecule has 4 rings (SSSR count). The number of hydrogen-bond acceptors (Lipinski definition) is 5. The molecule has 164 valence electrons. The number of carbonyl (C=O) groups is 1. The molecule has 1 atom stereocenters. The van der Waals surface area contributed by atoms with Crippen LogP contribution in [0.4, 0.5) is 0 Å². The monoisotopic (exact) mass is 431 g/mol. The predicted molar refractivity (Wildman–Crippen MR) is 122 cm³/mol. The van der Waals surface area contributed by atoms with Crippen LogP contribution in [0.1, 0.15) is 36.1 Å². The van der Waals surface area contributed by atoms with Gasteiger partial charge in [0.15, 0.2) is 0 Å². The number of rotatable bonds is 7. The SMILES string of the molecule is COc1ccc2c(C)c(CCC(=O)N[C@@H](C)c3ccc(-n4ccnc4)cc3)c(=O)oc2c1. The van der Waals surface area contributed by atoms with Crippen LogP contribution in [0.3, 0.4) is 0 Å². The Bertz CT molecular complexity index is 1290. The first kappa shape index (κ1) is 21.4. The minimum Gasteiger partial charge on any atom is -0.497 e. The van der Waals surface area contributed by atoms with Gasteiger partial charge in [0.25, 0.3) is 0 Å². The molecule has 2 aromatic heterocycles. The van der Waals surface area contributed by atoms with Gasteiger partial charge in [-0.3, -0.25) is 4.79 Å². The second-order valence-electron chi connectivity index (χ2n) is 7.71. The lowest BCUT2D eigenvalue weighted by molar-refractivity contribution is -0.121. The Morgan fingerprint density at radius 3 is 2.69 bits per heavy atom. The van der Waals surface area contributed by atoms with Crippen molar-refractivity contribution < 1.29 is 13.9 Å². The number of carbonyl (C=O) groups excluding carboxylic acids is 1. The van der Waals surface area contributed by atoms with Crippen LogP contribution in [-0.4, -0.2) is 22.6 Å². The largest absolute Gasteiger partial charge is 0.497 e. The molecular weight excluding hydrogens is 406 g/mol. The minimum absolute atomic E-state index is 0.121. The van der Waals surface area contributed by atoms with E-state index in [1.165, 1.54) is 0 Å². The van der Waals surface area contributed by atoms with E-state index in [4.69, 9.17) is 9.15 Å². The summed E-state index contributed by atoms with van der Waals surface area (Å²) in [6.07, 6.45) is 5.86. The van der Waals surface area contributed by atoms with Crippen LogP contribution in [-0.2, 0) is 11.2 Å². The molecule has 0 aliphatic heterocycles. The van der Waals surface area contributed by atoms with Crippen LogP contribution in [0.2, 0.25) is 0 Å². The van der Waals surface area contributed by atoms with E-state index in [0.717, 1.165) is 22.2 Å². The third-order valence-electron chi connectivity index (χ3n) is 5.67. The topological polar surface area (TPSA) is 86.4 Å². The highest BCUT2D eigenvalue weighted by molar-refractivity contribution is 5.82. The summed E-state index contributed by atoms with van der Waals surface area (Å²) in [5.41, 5.74) is 3.41. The molecular formula is C25H25N3O4. The Morgan fingerprint density at radius 2 is 2.00 bits per heavy atom.